The molecular formula is C14H15BrO3S. The largest absolute Gasteiger partial charge is 0.496 e. The highest BCUT2D eigenvalue weighted by Gasteiger charge is 2.20. The van der Waals surface area contributed by atoms with Crippen molar-refractivity contribution in [1.82, 2.24) is 0 Å². The maximum atomic E-state index is 10.5. The second-order valence-electron chi connectivity index (χ2n) is 4.10. The minimum atomic E-state index is -0.711. The van der Waals surface area contributed by atoms with E-state index in [0.717, 1.165) is 14.9 Å². The van der Waals surface area contributed by atoms with Gasteiger partial charge in [0.05, 0.1) is 18.7 Å². The van der Waals surface area contributed by atoms with Gasteiger partial charge in [-0.3, -0.25) is 0 Å². The predicted octanol–water partition coefficient (Wildman–Crippen LogP) is 3.92. The number of methoxy groups -OCH3 is 2. The molecule has 2 aromatic rings. The number of rotatable bonds is 4. The monoisotopic (exact) mass is 342 g/mol. The summed E-state index contributed by atoms with van der Waals surface area (Å²) >= 11 is 4.94. The molecule has 1 N–H and O–H groups in total. The number of hydrogen-bond acceptors (Lipinski definition) is 4. The zero-order chi connectivity index (χ0) is 14.0. The molecule has 0 spiro atoms. The van der Waals surface area contributed by atoms with E-state index in [9.17, 15) is 5.11 Å². The van der Waals surface area contributed by atoms with Gasteiger partial charge in [0.15, 0.2) is 0 Å². The van der Waals surface area contributed by atoms with Gasteiger partial charge in [-0.15, -0.1) is 11.3 Å². The molecule has 102 valence electrons. The third-order valence-electron chi connectivity index (χ3n) is 2.95. The van der Waals surface area contributed by atoms with Crippen LogP contribution in [-0.2, 0) is 0 Å². The maximum absolute atomic E-state index is 10.5. The average molecular weight is 343 g/mol. The SMILES string of the molecule is COc1cc(C(O)c2sccc2C)c(OC)cc1Br. The van der Waals surface area contributed by atoms with Crippen LogP contribution in [0.25, 0.3) is 0 Å². The lowest BCUT2D eigenvalue weighted by Crippen LogP contribution is -2.03. The van der Waals surface area contributed by atoms with E-state index in [2.05, 4.69) is 15.9 Å². The maximum Gasteiger partial charge on any atom is 0.133 e. The lowest BCUT2D eigenvalue weighted by molar-refractivity contribution is 0.217. The second kappa shape index (κ2) is 5.94. The Morgan fingerprint density at radius 2 is 1.89 bits per heavy atom. The molecule has 0 aliphatic carbocycles. The van der Waals surface area contributed by atoms with E-state index in [-0.39, 0.29) is 0 Å². The molecule has 2 rings (SSSR count). The fourth-order valence-corrected chi connectivity index (χ4v) is 3.32. The lowest BCUT2D eigenvalue weighted by Gasteiger charge is -2.17. The molecule has 0 saturated heterocycles. The Balaban J connectivity index is 2.51. The minimum Gasteiger partial charge on any atom is -0.496 e. The molecule has 1 heterocycles. The van der Waals surface area contributed by atoms with Crippen LogP contribution in [0.2, 0.25) is 0 Å². The van der Waals surface area contributed by atoms with Crippen LogP contribution < -0.4 is 9.47 Å². The third kappa shape index (κ3) is 2.78. The Bertz CT molecular complexity index is 580. The van der Waals surface area contributed by atoms with Crippen molar-refractivity contribution in [2.45, 2.75) is 13.0 Å². The molecule has 0 aliphatic heterocycles. The van der Waals surface area contributed by atoms with Gasteiger partial charge in [0.2, 0.25) is 0 Å². The lowest BCUT2D eigenvalue weighted by atomic mass is 10.0. The molecule has 5 heteroatoms. The quantitative estimate of drug-likeness (QED) is 0.915. The van der Waals surface area contributed by atoms with Crippen LogP contribution in [0.15, 0.2) is 28.1 Å². The summed E-state index contributed by atoms with van der Waals surface area (Å²) in [5.41, 5.74) is 1.77. The zero-order valence-electron chi connectivity index (χ0n) is 10.9. The van der Waals surface area contributed by atoms with Gasteiger partial charge in [-0.1, -0.05) is 0 Å². The van der Waals surface area contributed by atoms with E-state index in [0.29, 0.717) is 17.1 Å². The van der Waals surface area contributed by atoms with Crippen LogP contribution >= 0.6 is 27.3 Å². The summed E-state index contributed by atoms with van der Waals surface area (Å²) in [7, 11) is 3.19. The van der Waals surface area contributed by atoms with Gasteiger partial charge in [-0.2, -0.15) is 0 Å². The first-order chi connectivity index (χ1) is 9.08. The van der Waals surface area contributed by atoms with Crippen LogP contribution in [0.1, 0.15) is 22.1 Å². The van der Waals surface area contributed by atoms with Crippen molar-refractivity contribution in [3.63, 3.8) is 0 Å². The summed E-state index contributed by atoms with van der Waals surface area (Å²) in [5, 5.41) is 12.5. The van der Waals surface area contributed by atoms with Crippen LogP contribution in [0, 0.1) is 6.92 Å². The highest BCUT2D eigenvalue weighted by atomic mass is 79.9. The molecule has 1 unspecified atom stereocenters. The minimum absolute atomic E-state index is 0.632. The molecule has 3 nitrogen and oxygen atoms in total. The van der Waals surface area contributed by atoms with Gasteiger partial charge >= 0.3 is 0 Å². The molecule has 0 radical (unpaired) electrons. The van der Waals surface area contributed by atoms with Crippen molar-refractivity contribution in [2.75, 3.05) is 14.2 Å². The molecule has 1 aromatic carbocycles. The molecule has 0 saturated carbocycles. The summed E-state index contributed by atoms with van der Waals surface area (Å²) in [4.78, 5) is 0.919. The van der Waals surface area contributed by atoms with Gasteiger partial charge in [0.1, 0.15) is 17.6 Å². The van der Waals surface area contributed by atoms with Gasteiger partial charge in [-0.25, -0.2) is 0 Å². The number of aryl methyl sites for hydroxylation is 1. The first-order valence-corrected chi connectivity index (χ1v) is 7.39. The standard InChI is InChI=1S/C14H15BrO3S/c1-8-4-5-19-14(8)13(16)9-6-12(18-3)10(15)7-11(9)17-2/h4-7,13,16H,1-3H3. The Kier molecular flexibility index (Phi) is 4.50. The normalized spacial score (nSPS) is 12.3. The van der Waals surface area contributed by atoms with Crippen LogP contribution in [-0.4, -0.2) is 19.3 Å². The molecule has 0 aliphatic rings. The molecule has 1 aromatic heterocycles. The summed E-state index contributed by atoms with van der Waals surface area (Å²) in [6.45, 7) is 1.98. The number of benzene rings is 1. The number of halogens is 1. The Morgan fingerprint density at radius 3 is 2.42 bits per heavy atom. The Labute approximate surface area is 124 Å². The summed E-state index contributed by atoms with van der Waals surface area (Å²) in [5.74, 6) is 1.30. The number of hydrogen-bond donors (Lipinski definition) is 1. The van der Waals surface area contributed by atoms with Crippen molar-refractivity contribution in [1.29, 1.82) is 0 Å². The fourth-order valence-electron chi connectivity index (χ4n) is 1.90. The van der Waals surface area contributed by atoms with Gasteiger partial charge in [0.25, 0.3) is 0 Å². The predicted molar refractivity (Wildman–Crippen MR) is 80.4 cm³/mol. The van der Waals surface area contributed by atoms with Crippen LogP contribution in [0.5, 0.6) is 11.5 Å². The molecular weight excluding hydrogens is 328 g/mol. The van der Waals surface area contributed by atoms with Crippen LogP contribution in [0.4, 0.5) is 0 Å². The van der Waals surface area contributed by atoms with Crippen molar-refractivity contribution >= 4 is 27.3 Å². The number of aliphatic hydroxyl groups is 1. The zero-order valence-corrected chi connectivity index (χ0v) is 13.3. The Hall–Kier alpha value is -1.04. The topological polar surface area (TPSA) is 38.7 Å². The Morgan fingerprint density at radius 1 is 1.21 bits per heavy atom. The van der Waals surface area contributed by atoms with Crippen molar-refractivity contribution < 1.29 is 14.6 Å². The number of thiophene rings is 1. The highest BCUT2D eigenvalue weighted by Crippen LogP contribution is 2.39. The molecule has 1 atom stereocenters. The van der Waals surface area contributed by atoms with Gasteiger partial charge in [0, 0.05) is 10.4 Å². The summed E-state index contributed by atoms with van der Waals surface area (Å²) in [6, 6.07) is 5.60. The third-order valence-corrected chi connectivity index (χ3v) is 4.64. The first kappa shape index (κ1) is 14.4. The smallest absolute Gasteiger partial charge is 0.133 e. The number of ether oxygens (including phenoxy) is 2. The second-order valence-corrected chi connectivity index (χ2v) is 5.90. The summed E-state index contributed by atoms with van der Waals surface area (Å²) < 4.78 is 11.4. The van der Waals surface area contributed by atoms with Crippen molar-refractivity contribution in [2.24, 2.45) is 0 Å². The van der Waals surface area contributed by atoms with Crippen molar-refractivity contribution in [3.8, 4) is 11.5 Å². The molecule has 19 heavy (non-hydrogen) atoms. The van der Waals surface area contributed by atoms with E-state index >= 15 is 0 Å². The van der Waals surface area contributed by atoms with E-state index in [4.69, 9.17) is 9.47 Å². The van der Waals surface area contributed by atoms with E-state index in [1.165, 1.54) is 11.3 Å². The van der Waals surface area contributed by atoms with E-state index in [1.807, 2.05) is 18.4 Å². The molecule has 0 fully saturated rings. The fraction of sp³-hybridized carbons (Fsp3) is 0.286. The first-order valence-electron chi connectivity index (χ1n) is 5.72. The summed E-state index contributed by atoms with van der Waals surface area (Å²) in [6.07, 6.45) is -0.711. The van der Waals surface area contributed by atoms with E-state index < -0.39 is 6.10 Å². The molecule has 0 amide bonds. The average Bonchev–Trinajstić information content (AvgIpc) is 2.83. The highest BCUT2D eigenvalue weighted by molar-refractivity contribution is 9.10. The van der Waals surface area contributed by atoms with Gasteiger partial charge < -0.3 is 14.6 Å². The van der Waals surface area contributed by atoms with Gasteiger partial charge in [-0.05, 0) is 52.0 Å². The van der Waals surface area contributed by atoms with Crippen LogP contribution in [0.3, 0.4) is 0 Å². The number of aliphatic hydroxyl groups excluding tert-OH is 1. The van der Waals surface area contributed by atoms with E-state index in [1.54, 1.807) is 26.4 Å². The molecule has 0 bridgehead atoms. The van der Waals surface area contributed by atoms with Crippen molar-refractivity contribution in [3.05, 3.63) is 44.1 Å².